The summed E-state index contributed by atoms with van der Waals surface area (Å²) in [6.07, 6.45) is 0. The van der Waals surface area contributed by atoms with E-state index < -0.39 is 110 Å². The van der Waals surface area contributed by atoms with Crippen molar-refractivity contribution < 1.29 is 169 Å². The van der Waals surface area contributed by atoms with E-state index in [0.717, 1.165) is 0 Å². The van der Waals surface area contributed by atoms with Crippen LogP contribution in [0.3, 0.4) is 0 Å². The van der Waals surface area contributed by atoms with Crippen molar-refractivity contribution in [1.29, 1.82) is 0 Å². The van der Waals surface area contributed by atoms with Crippen LogP contribution in [0.2, 0.25) is 0 Å². The van der Waals surface area contributed by atoms with E-state index in [-0.39, 0.29) is 177 Å². The van der Waals surface area contributed by atoms with Crippen molar-refractivity contribution in [1.82, 2.24) is 0 Å². The van der Waals surface area contributed by atoms with Crippen LogP contribution < -0.4 is 0 Å². The van der Waals surface area contributed by atoms with Crippen LogP contribution >= 0.6 is 0 Å². The van der Waals surface area contributed by atoms with E-state index >= 15 is 0 Å². The van der Waals surface area contributed by atoms with Gasteiger partial charge in [-0.05, 0) is 0 Å². The van der Waals surface area contributed by atoms with Crippen molar-refractivity contribution in [2.24, 2.45) is 0 Å². The average Bonchev–Trinajstić information content (AvgIpc) is 2.61. The third-order valence-corrected chi connectivity index (χ3v) is 0. The van der Waals surface area contributed by atoms with Crippen molar-refractivity contribution in [3.05, 3.63) is 0 Å². The molecule has 300 valence electrons. The summed E-state index contributed by atoms with van der Waals surface area (Å²) in [5.41, 5.74) is 0. The Morgan fingerprint density at radius 3 is 0.130 bits per heavy atom. The van der Waals surface area contributed by atoms with Gasteiger partial charge in [0.2, 0.25) is 0 Å². The van der Waals surface area contributed by atoms with Crippen molar-refractivity contribution in [2.75, 3.05) is 0 Å². The Kier molecular flexibility index (Phi) is 241. The normalized spacial score (nSPS) is 5.33. The third kappa shape index (κ3) is 74500. The summed E-state index contributed by atoms with van der Waals surface area (Å²) in [6.45, 7) is 0. The molecule has 0 aliphatic rings. The van der Waals surface area contributed by atoms with Gasteiger partial charge in [-0.3, -0.25) is 53.5 Å². The monoisotopic (exact) mass is 1080 g/mol. The van der Waals surface area contributed by atoms with Crippen molar-refractivity contribution in [3.63, 3.8) is 0 Å². The zero-order valence-electron chi connectivity index (χ0n) is 21.6. The second-order valence-electron chi connectivity index (χ2n) is 3.39. The molecule has 54 heavy (non-hydrogen) atoms. The maximum absolute atomic E-state index is 8.74. The molecule has 0 rings (SSSR count). The van der Waals surface area contributed by atoms with E-state index in [1.54, 1.807) is 0 Å². The molecule has 0 aromatic carbocycles. The molecule has 0 aromatic heterocycles. The summed E-state index contributed by atoms with van der Waals surface area (Å²) >= 11 is 0. The van der Waals surface area contributed by atoms with E-state index in [0.29, 0.717) is 0 Å². The van der Waals surface area contributed by atoms with Crippen molar-refractivity contribution in [3.8, 4) is 0 Å². The summed E-state index contributed by atoms with van der Waals surface area (Å²) in [5, 5.41) is 0. The van der Waals surface area contributed by atoms with Gasteiger partial charge in [0.1, 0.15) is 0 Å². The molecule has 0 fully saturated rings. The molecule has 0 spiro atoms. The minimum atomic E-state index is -3.13. The standard InChI is InChI=1S/6Na.12H2O3Si.6H/c;;;;;;12*1-4(2)3;;;;;;/h;;;;;;12*1-2H;;;;;;. The van der Waals surface area contributed by atoms with Crippen LogP contribution in [0.15, 0.2) is 0 Å². The molecule has 36 nitrogen and oxygen atoms in total. The first-order valence-electron chi connectivity index (χ1n) is 7.82. The summed E-state index contributed by atoms with van der Waals surface area (Å²) < 4.78 is 105. The molecule has 0 bridgehead atoms. The summed E-state index contributed by atoms with van der Waals surface area (Å²) in [5.74, 6) is 0. The molecule has 0 amide bonds. The van der Waals surface area contributed by atoms with Crippen LogP contribution in [0.4, 0.5) is 0 Å². The predicted molar refractivity (Wildman–Crippen MR) is 173 cm³/mol. The van der Waals surface area contributed by atoms with Crippen LogP contribution in [0, 0.1) is 0 Å². The molecule has 0 saturated heterocycles. The molecule has 0 aromatic rings. The fourth-order valence-corrected chi connectivity index (χ4v) is 0. The molecule has 24 N–H and O–H groups in total. The molecule has 0 atom stereocenters. The Balaban J connectivity index is -0.0000000162. The van der Waals surface area contributed by atoms with E-state index in [1.807, 2.05) is 0 Å². The van der Waals surface area contributed by atoms with Crippen molar-refractivity contribution in [2.45, 2.75) is 0 Å². The molecule has 0 aliphatic heterocycles. The number of hydrogen-bond donors (Lipinski definition) is 24. The summed E-state index contributed by atoms with van der Waals surface area (Å²) in [7, 11) is -37.6. The van der Waals surface area contributed by atoms with Gasteiger partial charge in [0.15, 0.2) is 0 Å². The van der Waals surface area contributed by atoms with E-state index in [2.05, 4.69) is 0 Å². The first kappa shape index (κ1) is 117. The Morgan fingerprint density at radius 1 is 0.130 bits per heavy atom. The van der Waals surface area contributed by atoms with Gasteiger partial charge in [-0.2, -0.15) is 0 Å². The van der Waals surface area contributed by atoms with Crippen LogP contribution in [-0.4, -0.2) is 402 Å². The van der Waals surface area contributed by atoms with Crippen LogP contribution in [-0.2, 0) is 53.5 Å². The van der Waals surface area contributed by atoms with Gasteiger partial charge in [-0.1, -0.05) is 0 Å². The quantitative estimate of drug-likeness (QED) is 0.100. The predicted octanol–water partition coefficient (Wildman–Crippen LogP) is -23.3. The minimum absolute atomic E-state index is 0. The number of hydrogen-bond acceptors (Lipinski definition) is 12. The molecule has 0 aliphatic carbocycles. The Morgan fingerprint density at radius 2 is 0.130 bits per heavy atom. The second-order valence-corrected chi connectivity index (χ2v) is 10.2. The van der Waals surface area contributed by atoms with Crippen LogP contribution in [0.1, 0.15) is 0 Å². The Labute approximate surface area is 448 Å². The van der Waals surface area contributed by atoms with Gasteiger partial charge >= 0.3 is 287 Å². The van der Waals surface area contributed by atoms with Gasteiger partial charge in [0, 0.05) is 0 Å². The Bertz CT molecular complexity index is 600. The van der Waals surface area contributed by atoms with Gasteiger partial charge in [-0.25, -0.2) is 0 Å². The average molecular weight is 1080 g/mol. The Hall–Kier alpha value is 1.40. The van der Waals surface area contributed by atoms with E-state index in [4.69, 9.17) is 169 Å². The molecule has 54 heteroatoms. The first-order chi connectivity index (χ1) is 20.8. The van der Waals surface area contributed by atoms with Crippen LogP contribution in [0.25, 0.3) is 0 Å². The van der Waals surface area contributed by atoms with E-state index in [9.17, 15) is 0 Å². The topological polar surface area (TPSA) is 690 Å². The molecule has 0 saturated carbocycles. The SMILES string of the molecule is O=[Si](O)O.O=[Si](O)O.O=[Si](O)O.O=[Si](O)O.O=[Si](O)O.O=[Si](O)O.O=[Si](O)O.O=[Si](O)O.O=[Si](O)O.O=[Si](O)O.O=[Si](O)O.O=[Si](O)O.[NaH].[NaH].[NaH].[NaH].[NaH].[NaH]. The molecule has 0 radical (unpaired) electrons. The van der Waals surface area contributed by atoms with Crippen LogP contribution in [0.5, 0.6) is 0 Å². The zero-order valence-corrected chi connectivity index (χ0v) is 33.6. The molecule has 0 unspecified atom stereocenters. The molecular formula is H30Na6O36Si12. The van der Waals surface area contributed by atoms with Crippen molar-refractivity contribution >= 4 is 287 Å². The summed E-state index contributed by atoms with van der Waals surface area (Å²) in [6, 6.07) is 0. The number of rotatable bonds is 0. The third-order valence-electron chi connectivity index (χ3n) is 0. The van der Waals surface area contributed by atoms with Gasteiger partial charge in [0.05, 0.1) is 0 Å². The zero-order chi connectivity index (χ0) is 42.9. The van der Waals surface area contributed by atoms with E-state index in [1.165, 1.54) is 0 Å². The van der Waals surface area contributed by atoms with Gasteiger partial charge in [0.25, 0.3) is 0 Å². The second kappa shape index (κ2) is 111. The van der Waals surface area contributed by atoms with Gasteiger partial charge < -0.3 is 115 Å². The fourth-order valence-electron chi connectivity index (χ4n) is 0. The summed E-state index contributed by atoms with van der Waals surface area (Å²) in [4.78, 5) is 172. The first-order valence-corrected chi connectivity index (χ1v) is 23.4. The molecule has 0 heterocycles. The fraction of sp³-hybridized carbons (Fsp3) is 0. The molecular weight excluding hydrogens is 1050 g/mol. The maximum atomic E-state index is 8.74. The van der Waals surface area contributed by atoms with Gasteiger partial charge in [-0.15, -0.1) is 0 Å².